The fourth-order valence-corrected chi connectivity index (χ4v) is 3.45. The van der Waals surface area contributed by atoms with E-state index in [0.717, 1.165) is 51.7 Å². The first-order valence-electron chi connectivity index (χ1n) is 7.03. The van der Waals surface area contributed by atoms with Gasteiger partial charge in [0.25, 0.3) is 0 Å². The van der Waals surface area contributed by atoms with E-state index < -0.39 is 9.52 Å². The molecule has 0 saturated carbocycles. The lowest BCUT2D eigenvalue weighted by atomic mass is 10.5. The molecule has 1 N–H and O–H groups in total. The van der Waals surface area contributed by atoms with Gasteiger partial charge < -0.3 is 19.7 Å². The van der Waals surface area contributed by atoms with Crippen LogP contribution in [0.5, 0.6) is 0 Å². The highest BCUT2D eigenvalue weighted by Crippen LogP contribution is 2.02. The van der Waals surface area contributed by atoms with Gasteiger partial charge in [-0.25, -0.2) is 4.79 Å². The van der Waals surface area contributed by atoms with Gasteiger partial charge in [-0.2, -0.15) is 0 Å². The summed E-state index contributed by atoms with van der Waals surface area (Å²) in [6.45, 7) is 8.21. The van der Waals surface area contributed by atoms with Gasteiger partial charge in [0, 0.05) is 32.8 Å². The zero-order valence-electron chi connectivity index (χ0n) is 11.6. The zero-order chi connectivity index (χ0) is 13.2. The van der Waals surface area contributed by atoms with Crippen LogP contribution in [-0.4, -0.2) is 59.2 Å². The molecule has 0 atom stereocenters. The summed E-state index contributed by atoms with van der Waals surface area (Å²) < 4.78 is 11.4. The summed E-state index contributed by atoms with van der Waals surface area (Å²) in [6, 6.07) is 1.13. The predicted octanol–water partition coefficient (Wildman–Crippen LogP) is 0.735. The molecule has 2 amide bonds. The van der Waals surface area contributed by atoms with Gasteiger partial charge in [0.2, 0.25) is 0 Å². The monoisotopic (exact) mass is 274 g/mol. The number of carbonyl (C=O) groups is 1. The van der Waals surface area contributed by atoms with Crippen LogP contribution in [0.2, 0.25) is 6.04 Å². The third-order valence-electron chi connectivity index (χ3n) is 2.83. The molecule has 1 heterocycles. The van der Waals surface area contributed by atoms with E-state index in [1.165, 1.54) is 0 Å². The summed E-state index contributed by atoms with van der Waals surface area (Å²) in [4.78, 5) is 13.2. The normalized spacial score (nSPS) is 16.2. The molecule has 1 aliphatic heterocycles. The molecule has 5 nitrogen and oxygen atoms in total. The quantitative estimate of drug-likeness (QED) is 0.472. The summed E-state index contributed by atoms with van der Waals surface area (Å²) in [5, 5.41) is 2.82. The van der Waals surface area contributed by atoms with Crippen molar-refractivity contribution in [2.45, 2.75) is 38.6 Å². The third-order valence-corrected chi connectivity index (χ3v) is 4.50. The molecule has 0 radical (unpaired) electrons. The first-order chi connectivity index (χ1) is 8.77. The number of amides is 2. The van der Waals surface area contributed by atoms with Gasteiger partial charge in [-0.05, 0) is 18.9 Å². The molecule has 0 aromatic rings. The van der Waals surface area contributed by atoms with E-state index in [4.69, 9.17) is 9.47 Å². The second kappa shape index (κ2) is 9.35. The fraction of sp³-hybridized carbons (Fsp3) is 0.917. The molecule has 0 spiro atoms. The van der Waals surface area contributed by atoms with Crippen LogP contribution < -0.4 is 5.32 Å². The zero-order valence-corrected chi connectivity index (χ0v) is 13.0. The van der Waals surface area contributed by atoms with Crippen molar-refractivity contribution in [1.29, 1.82) is 0 Å². The molecule has 106 valence electrons. The average Bonchev–Trinajstić information content (AvgIpc) is 2.78. The van der Waals surface area contributed by atoms with Crippen molar-refractivity contribution in [3.8, 4) is 0 Å². The molecule has 0 bridgehead atoms. The number of ether oxygens (including phenoxy) is 2. The summed E-state index contributed by atoms with van der Waals surface area (Å²) in [7, 11) is -0.438. The van der Waals surface area contributed by atoms with Gasteiger partial charge in [-0.1, -0.05) is 13.8 Å². The Bertz CT molecular complexity index is 233. The maximum atomic E-state index is 11.4. The second-order valence-electron chi connectivity index (χ2n) is 4.53. The molecule has 6 heteroatoms. The van der Waals surface area contributed by atoms with Gasteiger partial charge in [-0.15, -0.1) is 0 Å². The minimum atomic E-state index is -0.438. The Labute approximate surface area is 112 Å². The minimum absolute atomic E-state index is 0.0237. The number of nitrogens with zero attached hydrogens (tertiary/aromatic N) is 1. The minimum Gasteiger partial charge on any atom is -0.357 e. The van der Waals surface area contributed by atoms with Gasteiger partial charge in [-0.3, -0.25) is 0 Å². The summed E-state index contributed by atoms with van der Waals surface area (Å²) in [6.07, 6.45) is 2.05. The Morgan fingerprint density at radius 3 is 2.50 bits per heavy atom. The topological polar surface area (TPSA) is 50.8 Å². The van der Waals surface area contributed by atoms with E-state index in [0.29, 0.717) is 0 Å². The van der Waals surface area contributed by atoms with E-state index in [-0.39, 0.29) is 11.9 Å². The highest BCUT2D eigenvalue weighted by atomic mass is 28.2. The van der Waals surface area contributed by atoms with E-state index in [9.17, 15) is 4.79 Å². The molecule has 1 aliphatic rings. The smallest absolute Gasteiger partial charge is 0.317 e. The third kappa shape index (κ3) is 5.84. The van der Waals surface area contributed by atoms with Crippen molar-refractivity contribution in [2.75, 3.05) is 32.8 Å². The number of nitrogens with one attached hydrogen (secondary N) is 1. The second-order valence-corrected chi connectivity index (χ2v) is 6.48. The molecule has 18 heavy (non-hydrogen) atoms. The molecule has 0 aliphatic carbocycles. The van der Waals surface area contributed by atoms with E-state index >= 15 is 0 Å². The lowest BCUT2D eigenvalue weighted by molar-refractivity contribution is -0.0905. The van der Waals surface area contributed by atoms with Crippen molar-refractivity contribution >= 4 is 15.6 Å². The van der Waals surface area contributed by atoms with Crippen LogP contribution in [0.25, 0.3) is 0 Å². The molecule has 1 rings (SSSR count). The molecule has 1 saturated heterocycles. The van der Waals surface area contributed by atoms with Crippen LogP contribution in [0.15, 0.2) is 0 Å². The summed E-state index contributed by atoms with van der Waals surface area (Å²) in [5.74, 6) is 0.0237. The predicted molar refractivity (Wildman–Crippen MR) is 74.6 cm³/mol. The van der Waals surface area contributed by atoms with Crippen molar-refractivity contribution in [2.24, 2.45) is 0 Å². The van der Waals surface area contributed by atoms with Crippen molar-refractivity contribution in [3.05, 3.63) is 0 Å². The van der Waals surface area contributed by atoms with Crippen LogP contribution in [-0.2, 0) is 9.47 Å². The SMILES string of the molecule is CCCOC(OCCC)[SiH2]CCN1CCNC1=O. The van der Waals surface area contributed by atoms with E-state index in [1.807, 2.05) is 4.90 Å². The summed E-state index contributed by atoms with van der Waals surface area (Å²) >= 11 is 0. The number of rotatable bonds is 10. The lowest BCUT2D eigenvalue weighted by Crippen LogP contribution is -2.32. The molecule has 0 aromatic carbocycles. The van der Waals surface area contributed by atoms with Crippen molar-refractivity contribution < 1.29 is 14.3 Å². The van der Waals surface area contributed by atoms with Crippen molar-refractivity contribution in [3.63, 3.8) is 0 Å². The Kier molecular flexibility index (Phi) is 8.03. The van der Waals surface area contributed by atoms with Crippen LogP contribution in [0.4, 0.5) is 4.79 Å². The Morgan fingerprint density at radius 2 is 2.00 bits per heavy atom. The van der Waals surface area contributed by atoms with Crippen LogP contribution in [0.1, 0.15) is 26.7 Å². The van der Waals surface area contributed by atoms with Gasteiger partial charge in [0.15, 0.2) is 0 Å². The maximum absolute atomic E-state index is 11.4. The highest BCUT2D eigenvalue weighted by molar-refractivity contribution is 6.36. The first-order valence-corrected chi connectivity index (χ1v) is 8.85. The Hall–Kier alpha value is -0.593. The summed E-state index contributed by atoms with van der Waals surface area (Å²) in [5.41, 5.74) is 0. The molecule has 1 fully saturated rings. The number of hydrogen-bond acceptors (Lipinski definition) is 3. The average molecular weight is 274 g/mol. The molecular weight excluding hydrogens is 248 g/mol. The number of carbonyl (C=O) groups excluding carboxylic acids is 1. The van der Waals surface area contributed by atoms with Crippen LogP contribution >= 0.6 is 0 Å². The molecular formula is C12H26N2O3Si. The lowest BCUT2D eigenvalue weighted by Gasteiger charge is -2.19. The van der Waals surface area contributed by atoms with Crippen molar-refractivity contribution in [1.82, 2.24) is 10.2 Å². The Morgan fingerprint density at radius 1 is 1.33 bits per heavy atom. The fourth-order valence-electron chi connectivity index (χ4n) is 1.89. The number of hydrogen-bond donors (Lipinski definition) is 1. The maximum Gasteiger partial charge on any atom is 0.317 e. The Balaban J connectivity index is 2.16. The first kappa shape index (κ1) is 15.5. The standard InChI is InChI=1S/C12H26N2O3Si/c1-3-8-16-12(17-9-4-2)18-10-7-14-6-5-13-11(14)15/h12H,3-10,18H2,1-2H3,(H,13,15). The van der Waals surface area contributed by atoms with Crippen LogP contribution in [0.3, 0.4) is 0 Å². The van der Waals surface area contributed by atoms with Gasteiger partial charge in [0.05, 0.1) is 9.52 Å². The van der Waals surface area contributed by atoms with Gasteiger partial charge in [0.1, 0.15) is 5.91 Å². The largest absolute Gasteiger partial charge is 0.357 e. The molecule has 0 unspecified atom stereocenters. The van der Waals surface area contributed by atoms with Crippen LogP contribution in [0, 0.1) is 0 Å². The number of urea groups is 1. The van der Waals surface area contributed by atoms with Gasteiger partial charge >= 0.3 is 6.03 Å². The highest BCUT2D eigenvalue weighted by Gasteiger charge is 2.19. The van der Waals surface area contributed by atoms with E-state index in [2.05, 4.69) is 19.2 Å². The van der Waals surface area contributed by atoms with E-state index in [1.54, 1.807) is 0 Å². The molecule has 0 aromatic heterocycles.